The maximum absolute atomic E-state index is 13.6. The van der Waals surface area contributed by atoms with Crippen molar-refractivity contribution in [3.8, 4) is 0 Å². The van der Waals surface area contributed by atoms with Crippen molar-refractivity contribution in [1.82, 2.24) is 25.0 Å². The van der Waals surface area contributed by atoms with Crippen molar-refractivity contribution in [1.29, 1.82) is 0 Å². The molecule has 7 nitrogen and oxygen atoms in total. The Labute approximate surface area is 192 Å². The zero-order chi connectivity index (χ0) is 22.7. The van der Waals surface area contributed by atoms with Crippen LogP contribution in [0.4, 0.5) is 0 Å². The Morgan fingerprint density at radius 1 is 1.06 bits per heavy atom. The second kappa shape index (κ2) is 9.19. The minimum absolute atomic E-state index is 0.0856. The van der Waals surface area contributed by atoms with Gasteiger partial charge in [-0.15, -0.1) is 0 Å². The van der Waals surface area contributed by atoms with Gasteiger partial charge in [0.25, 0.3) is 5.91 Å². The second-order valence-corrected chi connectivity index (χ2v) is 8.96. The van der Waals surface area contributed by atoms with Crippen LogP contribution in [-0.4, -0.2) is 45.7 Å². The van der Waals surface area contributed by atoms with Crippen LogP contribution in [-0.2, 0) is 0 Å². The maximum atomic E-state index is 13.6. The van der Waals surface area contributed by atoms with E-state index >= 15 is 0 Å². The van der Waals surface area contributed by atoms with Gasteiger partial charge in [-0.3, -0.25) is 9.59 Å². The normalized spacial score (nSPS) is 15.6. The topological polar surface area (TPSA) is 91.3 Å². The molecule has 0 atom stereocenters. The van der Waals surface area contributed by atoms with E-state index in [1.807, 2.05) is 47.1 Å². The number of nitrogens with one attached hydrogen (secondary N) is 3. The first-order chi connectivity index (χ1) is 16.1. The van der Waals surface area contributed by atoms with Crippen molar-refractivity contribution in [3.63, 3.8) is 0 Å². The molecule has 33 heavy (non-hydrogen) atoms. The molecule has 4 aromatic rings. The average Bonchev–Trinajstić information content (AvgIpc) is 3.52. The van der Waals surface area contributed by atoms with Gasteiger partial charge in [-0.2, -0.15) is 0 Å². The largest absolute Gasteiger partial charge is 0.361 e. The van der Waals surface area contributed by atoms with Crippen LogP contribution in [0.15, 0.2) is 61.2 Å². The van der Waals surface area contributed by atoms with E-state index in [4.69, 9.17) is 0 Å². The highest BCUT2D eigenvalue weighted by Gasteiger charge is 2.39. The number of aromatic nitrogens is 3. The lowest BCUT2D eigenvalue weighted by atomic mass is 9.70. The van der Waals surface area contributed by atoms with Crippen molar-refractivity contribution in [2.45, 2.75) is 32.1 Å². The predicted molar refractivity (Wildman–Crippen MR) is 129 cm³/mol. The van der Waals surface area contributed by atoms with Crippen LogP contribution in [0, 0.1) is 5.41 Å². The summed E-state index contributed by atoms with van der Waals surface area (Å²) in [4.78, 5) is 33.5. The van der Waals surface area contributed by atoms with Gasteiger partial charge >= 0.3 is 0 Å². The summed E-state index contributed by atoms with van der Waals surface area (Å²) in [5.41, 5.74) is 2.89. The first-order valence-electron chi connectivity index (χ1n) is 11.7. The van der Waals surface area contributed by atoms with Crippen LogP contribution < -0.4 is 10.6 Å². The molecule has 5 rings (SSSR count). The average molecular weight is 444 g/mol. The third-order valence-electron chi connectivity index (χ3n) is 6.88. The number of rotatable bonds is 8. The number of carbonyl (C=O) groups is 2. The number of aromatic amines is 1. The molecule has 1 aliphatic rings. The third-order valence-corrected chi connectivity index (χ3v) is 6.88. The Hall–Kier alpha value is -3.45. The summed E-state index contributed by atoms with van der Waals surface area (Å²) < 4.78 is 1.84. The first kappa shape index (κ1) is 21.4. The molecule has 0 radical (unpaired) electrons. The Balaban J connectivity index is 1.18. The fraction of sp³-hybridized carbons (Fsp3) is 0.346. The molecule has 0 bridgehead atoms. The van der Waals surface area contributed by atoms with Gasteiger partial charge in [-0.05, 0) is 68.4 Å². The third kappa shape index (κ3) is 4.41. The van der Waals surface area contributed by atoms with E-state index in [1.165, 1.54) is 0 Å². The van der Waals surface area contributed by atoms with Crippen LogP contribution >= 0.6 is 0 Å². The number of H-pyrrole nitrogens is 1. The zero-order valence-electron chi connectivity index (χ0n) is 18.6. The highest BCUT2D eigenvalue weighted by Crippen LogP contribution is 2.38. The van der Waals surface area contributed by atoms with Crippen LogP contribution in [0.2, 0.25) is 0 Å². The molecule has 1 aliphatic heterocycles. The summed E-state index contributed by atoms with van der Waals surface area (Å²) in [7, 11) is 0. The van der Waals surface area contributed by atoms with Gasteiger partial charge < -0.3 is 20.0 Å². The van der Waals surface area contributed by atoms with Gasteiger partial charge in [0.1, 0.15) is 5.65 Å². The van der Waals surface area contributed by atoms with E-state index in [0.717, 1.165) is 67.3 Å². The summed E-state index contributed by atoms with van der Waals surface area (Å²) >= 11 is 0. The highest BCUT2D eigenvalue weighted by molar-refractivity contribution is 6.03. The molecule has 3 N–H and O–H groups in total. The van der Waals surface area contributed by atoms with E-state index in [-0.39, 0.29) is 17.1 Å². The molecule has 0 spiro atoms. The van der Waals surface area contributed by atoms with Crippen molar-refractivity contribution >= 4 is 28.2 Å². The molecular formula is C26H29N5O2. The number of ketones is 1. The van der Waals surface area contributed by atoms with Crippen LogP contribution in [0.3, 0.4) is 0 Å². The number of Topliss-reactive ketones (excluding diaryl/α,β-unsaturated/α-hetero) is 1. The summed E-state index contributed by atoms with van der Waals surface area (Å²) in [6, 6.07) is 11.6. The van der Waals surface area contributed by atoms with Crippen molar-refractivity contribution in [2.75, 3.05) is 19.6 Å². The SMILES string of the molecule is O=C(NCCCCC1(C(=O)c2ccc3cc[nH]c3c2)CCNCC1)c1ccc2nccn2c1. The first-order valence-corrected chi connectivity index (χ1v) is 11.7. The van der Waals surface area contributed by atoms with Crippen molar-refractivity contribution in [2.24, 2.45) is 5.41 Å². The van der Waals surface area contributed by atoms with Crippen molar-refractivity contribution in [3.05, 3.63) is 72.3 Å². The Morgan fingerprint density at radius 3 is 2.79 bits per heavy atom. The molecule has 0 aliphatic carbocycles. The number of benzene rings is 1. The lowest BCUT2D eigenvalue weighted by Crippen LogP contribution is -2.42. The van der Waals surface area contributed by atoms with E-state index in [1.54, 1.807) is 18.5 Å². The molecule has 1 amide bonds. The number of carbonyl (C=O) groups excluding carboxylic acids is 2. The number of hydrogen-bond donors (Lipinski definition) is 3. The molecule has 4 heterocycles. The highest BCUT2D eigenvalue weighted by atomic mass is 16.1. The van der Waals surface area contributed by atoms with E-state index in [2.05, 4.69) is 20.6 Å². The summed E-state index contributed by atoms with van der Waals surface area (Å²) in [5.74, 6) is 0.163. The van der Waals surface area contributed by atoms with Gasteiger partial charge in [0.15, 0.2) is 5.78 Å². The van der Waals surface area contributed by atoms with Gasteiger partial charge in [0, 0.05) is 47.8 Å². The molecule has 3 aromatic heterocycles. The molecule has 0 saturated carbocycles. The number of unbranched alkanes of at least 4 members (excludes halogenated alkanes) is 1. The van der Waals surface area contributed by atoms with Crippen LogP contribution in [0.1, 0.15) is 52.8 Å². The minimum atomic E-state index is -0.331. The van der Waals surface area contributed by atoms with Crippen LogP contribution in [0.25, 0.3) is 16.6 Å². The van der Waals surface area contributed by atoms with Gasteiger partial charge in [-0.1, -0.05) is 18.6 Å². The predicted octanol–water partition coefficient (Wildman–Crippen LogP) is 3.97. The number of amides is 1. The molecular weight excluding hydrogens is 414 g/mol. The van der Waals surface area contributed by atoms with E-state index < -0.39 is 0 Å². The smallest absolute Gasteiger partial charge is 0.252 e. The number of piperidine rings is 1. The molecule has 7 heteroatoms. The molecule has 1 saturated heterocycles. The monoisotopic (exact) mass is 443 g/mol. The standard InChI is InChI=1S/C26H29N5O2/c32-24(20-4-3-19-7-12-28-22(19)17-20)26(9-13-27-14-10-26)8-1-2-11-30-25(33)21-5-6-23-29-15-16-31(23)18-21/h3-7,12,15-18,27-28H,1-2,8-11,13-14H2,(H,30,33). The van der Waals surface area contributed by atoms with Gasteiger partial charge in [0.2, 0.25) is 0 Å². The van der Waals surface area contributed by atoms with Crippen LogP contribution in [0.5, 0.6) is 0 Å². The Kier molecular flexibility index (Phi) is 5.96. The number of hydrogen-bond acceptors (Lipinski definition) is 4. The summed E-state index contributed by atoms with van der Waals surface area (Å²) in [5, 5.41) is 7.52. The van der Waals surface area contributed by atoms with E-state index in [0.29, 0.717) is 12.1 Å². The summed E-state index contributed by atoms with van der Waals surface area (Å²) in [6.07, 6.45) is 11.5. The van der Waals surface area contributed by atoms with E-state index in [9.17, 15) is 9.59 Å². The fourth-order valence-electron chi connectivity index (χ4n) is 4.94. The quantitative estimate of drug-likeness (QED) is 0.284. The lowest BCUT2D eigenvalue weighted by molar-refractivity contribution is 0.0699. The fourth-order valence-corrected chi connectivity index (χ4v) is 4.94. The summed E-state index contributed by atoms with van der Waals surface area (Å²) in [6.45, 7) is 2.33. The molecule has 1 fully saturated rings. The van der Waals surface area contributed by atoms with Crippen molar-refractivity contribution < 1.29 is 9.59 Å². The lowest BCUT2D eigenvalue weighted by Gasteiger charge is -2.36. The number of imidazole rings is 1. The number of pyridine rings is 1. The zero-order valence-corrected chi connectivity index (χ0v) is 18.6. The Bertz CT molecular complexity index is 1280. The maximum Gasteiger partial charge on any atom is 0.252 e. The number of fused-ring (bicyclic) bond motifs is 2. The van der Waals surface area contributed by atoms with Gasteiger partial charge in [0.05, 0.1) is 5.56 Å². The number of nitrogens with zero attached hydrogens (tertiary/aromatic N) is 2. The Morgan fingerprint density at radius 2 is 1.91 bits per heavy atom. The molecule has 170 valence electrons. The van der Waals surface area contributed by atoms with Gasteiger partial charge in [-0.25, -0.2) is 4.98 Å². The molecule has 0 unspecified atom stereocenters. The molecule has 1 aromatic carbocycles. The minimum Gasteiger partial charge on any atom is -0.361 e. The second-order valence-electron chi connectivity index (χ2n) is 8.96.